The number of ether oxygens (including phenoxy) is 1. The third kappa shape index (κ3) is 4.58. The van der Waals surface area contributed by atoms with Gasteiger partial charge in [0, 0.05) is 17.0 Å². The van der Waals surface area contributed by atoms with Gasteiger partial charge in [-0.25, -0.2) is 9.78 Å². The number of aliphatic carboxylic acids is 1. The minimum absolute atomic E-state index is 0.122. The van der Waals surface area contributed by atoms with Crippen LogP contribution in [0.3, 0.4) is 0 Å². The zero-order chi connectivity index (χ0) is 27.0. The highest BCUT2D eigenvalue weighted by atomic mass is 35.5. The lowest BCUT2D eigenvalue weighted by Crippen LogP contribution is -2.23. The van der Waals surface area contributed by atoms with Gasteiger partial charge >= 0.3 is 11.7 Å². The zero-order valence-electron chi connectivity index (χ0n) is 19.6. The first-order valence-corrected chi connectivity index (χ1v) is 11.5. The molecule has 2 aromatic heterocycles. The van der Waals surface area contributed by atoms with Crippen LogP contribution < -0.4 is 10.3 Å². The second-order valence-corrected chi connectivity index (χ2v) is 8.58. The van der Waals surface area contributed by atoms with E-state index < -0.39 is 34.0 Å². The zero-order valence-corrected chi connectivity index (χ0v) is 20.3. The number of carbonyl (C=O) groups is 1. The summed E-state index contributed by atoms with van der Waals surface area (Å²) in [5.74, 6) is -1.29. The molecule has 5 rings (SSSR count). The molecular formula is C26H17ClN4O7. The first-order chi connectivity index (χ1) is 18.2. The van der Waals surface area contributed by atoms with Crippen molar-refractivity contribution in [3.63, 3.8) is 0 Å². The van der Waals surface area contributed by atoms with E-state index in [0.29, 0.717) is 22.2 Å². The van der Waals surface area contributed by atoms with Crippen LogP contribution in [0, 0.1) is 10.1 Å². The second kappa shape index (κ2) is 9.79. The van der Waals surface area contributed by atoms with E-state index in [1.54, 1.807) is 36.4 Å². The van der Waals surface area contributed by atoms with Crippen molar-refractivity contribution in [1.82, 2.24) is 9.66 Å². The predicted molar refractivity (Wildman–Crippen MR) is 140 cm³/mol. The lowest BCUT2D eigenvalue weighted by molar-refractivity contribution is -0.386. The Hall–Kier alpha value is -5.03. The van der Waals surface area contributed by atoms with Gasteiger partial charge in [0.15, 0.2) is 11.9 Å². The molecule has 0 spiro atoms. The van der Waals surface area contributed by atoms with E-state index >= 15 is 0 Å². The fraction of sp³-hybridized carbons (Fsp3) is 0.0769. The van der Waals surface area contributed by atoms with Crippen LogP contribution in [0.4, 0.5) is 5.69 Å². The third-order valence-electron chi connectivity index (χ3n) is 5.61. The van der Waals surface area contributed by atoms with Gasteiger partial charge < -0.3 is 14.3 Å². The Labute approximate surface area is 218 Å². The normalized spacial score (nSPS) is 12.3. The smallest absolute Gasteiger partial charge is 0.344 e. The summed E-state index contributed by atoms with van der Waals surface area (Å²) in [4.78, 5) is 40.1. The Morgan fingerprint density at radius 2 is 1.95 bits per heavy atom. The molecule has 0 unspecified atom stereocenters. The lowest BCUT2D eigenvalue weighted by atomic mass is 10.2. The summed E-state index contributed by atoms with van der Waals surface area (Å²) < 4.78 is 12.2. The van der Waals surface area contributed by atoms with Gasteiger partial charge in [0.05, 0.1) is 27.1 Å². The van der Waals surface area contributed by atoms with Crippen molar-refractivity contribution < 1.29 is 24.0 Å². The van der Waals surface area contributed by atoms with E-state index in [9.17, 15) is 19.7 Å². The van der Waals surface area contributed by atoms with Gasteiger partial charge in [-0.05, 0) is 37.3 Å². The lowest BCUT2D eigenvalue weighted by Gasteiger charge is -2.12. The van der Waals surface area contributed by atoms with Crippen molar-refractivity contribution in [2.75, 3.05) is 0 Å². The van der Waals surface area contributed by atoms with Crippen LogP contribution in [0.15, 0.2) is 81.0 Å². The van der Waals surface area contributed by atoms with Crippen molar-refractivity contribution in [3.8, 4) is 17.3 Å². The Kier molecular flexibility index (Phi) is 6.35. The predicted octanol–water partition coefficient (Wildman–Crippen LogP) is 5.11. The average molecular weight is 533 g/mol. The fourth-order valence-electron chi connectivity index (χ4n) is 3.76. The maximum atomic E-state index is 13.4. The van der Waals surface area contributed by atoms with Crippen molar-refractivity contribution in [3.05, 3.63) is 97.8 Å². The molecule has 12 heteroatoms. The van der Waals surface area contributed by atoms with E-state index in [1.807, 2.05) is 18.2 Å². The summed E-state index contributed by atoms with van der Waals surface area (Å²) in [7, 11) is 0. The number of carboxylic acids is 1. The minimum atomic E-state index is -1.38. The van der Waals surface area contributed by atoms with Gasteiger partial charge in [-0.15, -0.1) is 0 Å². The van der Waals surface area contributed by atoms with Gasteiger partial charge in [0.2, 0.25) is 11.6 Å². The molecule has 0 aliphatic heterocycles. The molecule has 0 saturated carbocycles. The fourth-order valence-corrected chi connectivity index (χ4v) is 4.03. The number of hydrogen-bond donors (Lipinski definition) is 1. The number of para-hydroxylation sites is 2. The number of nitro benzene ring substituents is 1. The van der Waals surface area contributed by atoms with Gasteiger partial charge in [-0.1, -0.05) is 41.9 Å². The van der Waals surface area contributed by atoms with E-state index in [-0.39, 0.29) is 16.4 Å². The van der Waals surface area contributed by atoms with Crippen molar-refractivity contribution in [2.45, 2.75) is 13.0 Å². The molecule has 11 nitrogen and oxygen atoms in total. The largest absolute Gasteiger partial charge is 0.479 e. The van der Waals surface area contributed by atoms with Crippen LogP contribution >= 0.6 is 11.6 Å². The Balaban J connectivity index is 1.65. The molecule has 1 atom stereocenters. The topological polar surface area (TPSA) is 150 Å². The maximum Gasteiger partial charge on any atom is 0.344 e. The molecule has 1 N–H and O–H groups in total. The molecule has 2 heterocycles. The number of furan rings is 1. The second-order valence-electron chi connectivity index (χ2n) is 8.17. The molecule has 5 aromatic rings. The number of hydrogen-bond acceptors (Lipinski definition) is 8. The first-order valence-electron chi connectivity index (χ1n) is 11.2. The number of halogens is 1. The highest BCUT2D eigenvalue weighted by Crippen LogP contribution is 2.36. The number of nitro groups is 1. The van der Waals surface area contributed by atoms with E-state index in [2.05, 4.69) is 10.1 Å². The maximum absolute atomic E-state index is 13.4. The molecule has 0 aliphatic carbocycles. The Morgan fingerprint density at radius 1 is 1.21 bits per heavy atom. The molecule has 0 aliphatic rings. The van der Waals surface area contributed by atoms with Crippen molar-refractivity contribution in [1.29, 1.82) is 0 Å². The number of aromatic nitrogens is 2. The van der Waals surface area contributed by atoms with Crippen LogP contribution in [0.2, 0.25) is 5.02 Å². The van der Waals surface area contributed by atoms with Crippen LogP contribution in [-0.2, 0) is 4.79 Å². The monoisotopic (exact) mass is 532 g/mol. The third-order valence-corrected chi connectivity index (χ3v) is 5.89. The number of nitrogens with zero attached hydrogens (tertiary/aromatic N) is 4. The molecule has 0 bridgehead atoms. The van der Waals surface area contributed by atoms with E-state index in [4.69, 9.17) is 25.9 Å². The first kappa shape index (κ1) is 24.7. The average Bonchev–Trinajstić information content (AvgIpc) is 3.33. The minimum Gasteiger partial charge on any atom is -0.479 e. The molecule has 190 valence electrons. The summed E-state index contributed by atoms with van der Waals surface area (Å²) in [6, 6.07) is 18.2. The number of fused-ring (bicyclic) bond motifs is 2. The van der Waals surface area contributed by atoms with Gasteiger partial charge in [-0.3, -0.25) is 14.9 Å². The van der Waals surface area contributed by atoms with Gasteiger partial charge in [0.1, 0.15) is 5.58 Å². The quantitative estimate of drug-likeness (QED) is 0.173. The van der Waals surface area contributed by atoms with Gasteiger partial charge in [-0.2, -0.15) is 9.78 Å². The van der Waals surface area contributed by atoms with E-state index in [1.165, 1.54) is 19.2 Å². The molecule has 0 fully saturated rings. The number of carboxylic acid groups (broad SMARTS) is 1. The van der Waals surface area contributed by atoms with E-state index in [0.717, 1.165) is 16.1 Å². The molecule has 38 heavy (non-hydrogen) atoms. The molecule has 0 amide bonds. The summed E-state index contributed by atoms with van der Waals surface area (Å²) in [5.41, 5.74) is 0.139. The Morgan fingerprint density at radius 3 is 2.68 bits per heavy atom. The van der Waals surface area contributed by atoms with Crippen LogP contribution in [-0.4, -0.2) is 38.0 Å². The summed E-state index contributed by atoms with van der Waals surface area (Å²) in [6.07, 6.45) is -0.174. The standard InChI is InChI=1S/C26H17ClN4O7/c1-14(26(33)34)37-23-18(27)10-15(11-20(23)31(35)36)13-28-30-24(22-12-16-6-2-5-9-21(16)38-22)29-19-8-4-3-7-17(19)25(30)32/h2-14H,1H3,(H,33,34)/t14-/m1/s1. The van der Waals surface area contributed by atoms with Crippen LogP contribution in [0.1, 0.15) is 12.5 Å². The summed E-state index contributed by atoms with van der Waals surface area (Å²) >= 11 is 6.21. The number of rotatable bonds is 7. The SMILES string of the molecule is C[C@@H](Oc1c(Cl)cc(C=Nn2c(-c3cc4ccccc4o3)nc3ccccc3c2=O)cc1[N+](=O)[O-])C(=O)O. The van der Waals surface area contributed by atoms with Crippen molar-refractivity contribution in [2.24, 2.45) is 5.10 Å². The summed E-state index contributed by atoms with van der Waals surface area (Å²) in [6.45, 7) is 1.22. The molecule has 0 saturated heterocycles. The molecular weight excluding hydrogens is 516 g/mol. The highest BCUT2D eigenvalue weighted by Gasteiger charge is 2.25. The molecule has 0 radical (unpaired) electrons. The Bertz CT molecular complexity index is 1790. The van der Waals surface area contributed by atoms with Crippen molar-refractivity contribution >= 4 is 51.3 Å². The molecule has 3 aromatic carbocycles. The number of benzene rings is 3. The highest BCUT2D eigenvalue weighted by molar-refractivity contribution is 6.32. The van der Waals surface area contributed by atoms with Crippen LogP contribution in [0.5, 0.6) is 5.75 Å². The summed E-state index contributed by atoms with van der Waals surface area (Å²) in [5, 5.41) is 25.9. The van der Waals surface area contributed by atoms with Crippen LogP contribution in [0.25, 0.3) is 33.5 Å². The van der Waals surface area contributed by atoms with Gasteiger partial charge in [0.25, 0.3) is 5.56 Å².